The van der Waals surface area contributed by atoms with Gasteiger partial charge >= 0.3 is 0 Å². The molecule has 1 heterocycles. The van der Waals surface area contributed by atoms with Gasteiger partial charge in [0.25, 0.3) is 0 Å². The molecule has 1 saturated heterocycles. The van der Waals surface area contributed by atoms with E-state index in [1.54, 1.807) is 13.2 Å². The zero-order valence-corrected chi connectivity index (χ0v) is 14.7. The van der Waals surface area contributed by atoms with Crippen molar-refractivity contribution in [2.75, 3.05) is 39.9 Å². The van der Waals surface area contributed by atoms with E-state index >= 15 is 0 Å². The highest BCUT2D eigenvalue weighted by molar-refractivity contribution is 5.80. The van der Waals surface area contributed by atoms with E-state index in [2.05, 4.69) is 10.2 Å². The van der Waals surface area contributed by atoms with Gasteiger partial charge in [0.05, 0.1) is 6.61 Å². The van der Waals surface area contributed by atoms with Crippen LogP contribution < -0.4 is 5.32 Å². The molecule has 0 saturated carbocycles. The fraction of sp³-hybridized carbons (Fsp3) is 0.611. The van der Waals surface area contributed by atoms with Gasteiger partial charge in [0.2, 0.25) is 0 Å². The first kappa shape index (κ1) is 18.6. The molecule has 2 atom stereocenters. The molecule has 2 unspecified atom stereocenters. The molecular formula is C18H27F2N3O. The Morgan fingerprint density at radius 1 is 1.42 bits per heavy atom. The van der Waals surface area contributed by atoms with Gasteiger partial charge in [-0.25, -0.2) is 8.78 Å². The monoisotopic (exact) mass is 339 g/mol. The Bertz CT molecular complexity index is 565. The van der Waals surface area contributed by atoms with Crippen molar-refractivity contribution in [1.82, 2.24) is 10.2 Å². The van der Waals surface area contributed by atoms with Gasteiger partial charge in [-0.3, -0.25) is 4.99 Å². The van der Waals surface area contributed by atoms with Crippen LogP contribution in [0, 0.1) is 17.6 Å². The molecular weight excluding hydrogens is 312 g/mol. The summed E-state index contributed by atoms with van der Waals surface area (Å²) in [5, 5.41) is 3.32. The molecule has 0 aromatic heterocycles. The minimum absolute atomic E-state index is 0.0196. The fourth-order valence-corrected chi connectivity index (χ4v) is 2.97. The molecule has 0 radical (unpaired) electrons. The summed E-state index contributed by atoms with van der Waals surface area (Å²) in [5.74, 6) is -0.194. The molecule has 0 aliphatic carbocycles. The van der Waals surface area contributed by atoms with E-state index in [1.807, 2.05) is 13.8 Å². The van der Waals surface area contributed by atoms with Gasteiger partial charge in [0.15, 0.2) is 17.6 Å². The fourth-order valence-electron chi connectivity index (χ4n) is 2.97. The number of hydrogen-bond donors (Lipinski definition) is 1. The van der Waals surface area contributed by atoms with E-state index in [-0.39, 0.29) is 5.92 Å². The molecule has 1 aliphatic rings. The first-order chi connectivity index (χ1) is 11.5. The molecule has 24 heavy (non-hydrogen) atoms. The van der Waals surface area contributed by atoms with Crippen molar-refractivity contribution in [1.29, 1.82) is 0 Å². The van der Waals surface area contributed by atoms with Crippen LogP contribution in [0.1, 0.15) is 31.7 Å². The SMILES string of the molecule is CCNC(=NCC(C)c1ccc(F)c(F)c1)N1CCC(COC)C1. The molecule has 1 fully saturated rings. The Morgan fingerprint density at radius 3 is 2.88 bits per heavy atom. The van der Waals surface area contributed by atoms with Crippen LogP contribution >= 0.6 is 0 Å². The van der Waals surface area contributed by atoms with Gasteiger partial charge in [0, 0.05) is 45.1 Å². The van der Waals surface area contributed by atoms with Gasteiger partial charge in [-0.1, -0.05) is 13.0 Å². The van der Waals surface area contributed by atoms with E-state index in [9.17, 15) is 8.78 Å². The largest absolute Gasteiger partial charge is 0.384 e. The van der Waals surface area contributed by atoms with E-state index in [0.29, 0.717) is 12.5 Å². The van der Waals surface area contributed by atoms with Crippen LogP contribution in [0.25, 0.3) is 0 Å². The molecule has 0 bridgehead atoms. The summed E-state index contributed by atoms with van der Waals surface area (Å²) in [6, 6.07) is 4.05. The molecule has 0 spiro atoms. The van der Waals surface area contributed by atoms with Crippen LogP contribution in [0.15, 0.2) is 23.2 Å². The highest BCUT2D eigenvalue weighted by atomic mass is 19.2. The predicted octanol–water partition coefficient (Wildman–Crippen LogP) is 3.00. The Morgan fingerprint density at radius 2 is 2.21 bits per heavy atom. The summed E-state index contributed by atoms with van der Waals surface area (Å²) >= 11 is 0. The maximum absolute atomic E-state index is 13.4. The number of ether oxygens (including phenoxy) is 1. The number of guanidine groups is 1. The summed E-state index contributed by atoms with van der Waals surface area (Å²) in [6.07, 6.45) is 1.09. The lowest BCUT2D eigenvalue weighted by Gasteiger charge is -2.22. The standard InChI is InChI=1S/C18H27F2N3O/c1-4-21-18(23-8-7-14(11-23)12-24-3)22-10-13(2)15-5-6-16(19)17(20)9-15/h5-6,9,13-14H,4,7-8,10-12H2,1-3H3,(H,21,22). The lowest BCUT2D eigenvalue weighted by atomic mass is 10.0. The number of halogens is 2. The van der Waals surface area contributed by atoms with Crippen LogP contribution in [0.5, 0.6) is 0 Å². The molecule has 1 aliphatic heterocycles. The summed E-state index contributed by atoms with van der Waals surface area (Å²) in [5.41, 5.74) is 0.757. The van der Waals surface area contributed by atoms with E-state index < -0.39 is 11.6 Å². The third-order valence-electron chi connectivity index (χ3n) is 4.35. The lowest BCUT2D eigenvalue weighted by Crippen LogP contribution is -2.40. The first-order valence-corrected chi connectivity index (χ1v) is 8.52. The minimum atomic E-state index is -0.816. The number of rotatable bonds is 6. The van der Waals surface area contributed by atoms with Crippen molar-refractivity contribution in [2.45, 2.75) is 26.2 Å². The number of benzene rings is 1. The van der Waals surface area contributed by atoms with Gasteiger partial charge in [-0.2, -0.15) is 0 Å². The summed E-state index contributed by atoms with van der Waals surface area (Å²) in [6.45, 7) is 7.98. The van der Waals surface area contributed by atoms with Crippen LogP contribution in [-0.4, -0.2) is 50.8 Å². The summed E-state index contributed by atoms with van der Waals surface area (Å²) in [7, 11) is 1.73. The smallest absolute Gasteiger partial charge is 0.193 e. The number of likely N-dealkylation sites (tertiary alicyclic amines) is 1. The first-order valence-electron chi connectivity index (χ1n) is 8.52. The third-order valence-corrected chi connectivity index (χ3v) is 4.35. The normalized spacial score (nSPS) is 19.6. The number of aliphatic imine (C=N–C) groups is 1. The summed E-state index contributed by atoms with van der Waals surface area (Å²) in [4.78, 5) is 6.93. The van der Waals surface area contributed by atoms with Crippen molar-refractivity contribution in [2.24, 2.45) is 10.9 Å². The van der Waals surface area contributed by atoms with Crippen LogP contribution in [0.4, 0.5) is 8.78 Å². The summed E-state index contributed by atoms with van der Waals surface area (Å²) < 4.78 is 31.7. The molecule has 1 N–H and O–H groups in total. The predicted molar refractivity (Wildman–Crippen MR) is 92.3 cm³/mol. The van der Waals surface area contributed by atoms with Crippen LogP contribution in [-0.2, 0) is 4.74 Å². The van der Waals surface area contributed by atoms with Crippen LogP contribution in [0.3, 0.4) is 0 Å². The second kappa shape index (κ2) is 8.97. The van der Waals surface area contributed by atoms with Crippen molar-refractivity contribution in [3.05, 3.63) is 35.4 Å². The van der Waals surface area contributed by atoms with E-state index in [1.165, 1.54) is 12.1 Å². The number of hydrogen-bond acceptors (Lipinski definition) is 2. The van der Waals surface area contributed by atoms with Crippen LogP contribution in [0.2, 0.25) is 0 Å². The zero-order valence-electron chi connectivity index (χ0n) is 14.7. The average molecular weight is 339 g/mol. The molecule has 1 aromatic carbocycles. The molecule has 0 amide bonds. The maximum atomic E-state index is 13.4. The van der Waals surface area contributed by atoms with Gasteiger partial charge < -0.3 is 15.0 Å². The van der Waals surface area contributed by atoms with Crippen molar-refractivity contribution in [3.63, 3.8) is 0 Å². The van der Waals surface area contributed by atoms with Gasteiger partial charge in [-0.05, 0) is 31.0 Å². The van der Waals surface area contributed by atoms with E-state index in [4.69, 9.17) is 9.73 Å². The molecule has 1 aromatic rings. The molecule has 2 rings (SSSR count). The molecule has 4 nitrogen and oxygen atoms in total. The van der Waals surface area contributed by atoms with Gasteiger partial charge in [-0.15, -0.1) is 0 Å². The second-order valence-corrected chi connectivity index (χ2v) is 6.33. The number of nitrogens with zero attached hydrogens (tertiary/aromatic N) is 2. The van der Waals surface area contributed by atoms with Crippen molar-refractivity contribution in [3.8, 4) is 0 Å². The second-order valence-electron chi connectivity index (χ2n) is 6.33. The Kier molecular flexibility index (Phi) is 6.97. The Balaban J connectivity index is 2.01. The Labute approximate surface area is 142 Å². The lowest BCUT2D eigenvalue weighted by molar-refractivity contribution is 0.157. The maximum Gasteiger partial charge on any atom is 0.193 e. The minimum Gasteiger partial charge on any atom is -0.384 e. The number of nitrogens with one attached hydrogen (secondary N) is 1. The highest BCUT2D eigenvalue weighted by Gasteiger charge is 2.24. The number of methoxy groups -OCH3 is 1. The van der Waals surface area contributed by atoms with E-state index in [0.717, 1.165) is 44.2 Å². The quantitative estimate of drug-likeness (QED) is 0.639. The van der Waals surface area contributed by atoms with Crippen molar-refractivity contribution >= 4 is 5.96 Å². The van der Waals surface area contributed by atoms with Crippen molar-refractivity contribution < 1.29 is 13.5 Å². The third kappa shape index (κ3) is 4.90. The Hall–Kier alpha value is -1.69. The molecule has 134 valence electrons. The topological polar surface area (TPSA) is 36.9 Å². The average Bonchev–Trinajstić information content (AvgIpc) is 3.02. The highest BCUT2D eigenvalue weighted by Crippen LogP contribution is 2.20. The zero-order chi connectivity index (χ0) is 17.5. The molecule has 6 heteroatoms. The van der Waals surface area contributed by atoms with Gasteiger partial charge in [0.1, 0.15) is 0 Å².